The lowest BCUT2D eigenvalue weighted by Crippen LogP contribution is -2.16. The van der Waals surface area contributed by atoms with E-state index in [1.54, 1.807) is 0 Å². The van der Waals surface area contributed by atoms with Crippen molar-refractivity contribution in [2.45, 2.75) is 6.42 Å². The fourth-order valence-corrected chi connectivity index (χ4v) is 1.65. The van der Waals surface area contributed by atoms with Gasteiger partial charge in [-0.05, 0) is 0 Å². The maximum absolute atomic E-state index is 11.5. The van der Waals surface area contributed by atoms with Gasteiger partial charge in [-0.3, -0.25) is 4.79 Å². The van der Waals surface area contributed by atoms with Crippen LogP contribution >= 0.6 is 7.60 Å². The molecule has 0 unspecified atom stereocenters. The molecule has 76 valence electrons. The molecule has 0 bridgehead atoms. The number of hydrogen-bond donors (Lipinski definition) is 0. The summed E-state index contributed by atoms with van der Waals surface area (Å²) in [4.78, 5) is 13.6. The van der Waals surface area contributed by atoms with E-state index in [4.69, 9.17) is 10.8 Å². The number of Topliss-reactive ketones (excluding diaryl/α,β-unsaturated/α-hetero) is 1. The molecule has 0 atom stereocenters. The van der Waals surface area contributed by atoms with Gasteiger partial charge in [0.2, 0.25) is 0 Å². The van der Waals surface area contributed by atoms with Gasteiger partial charge in [-0.1, -0.05) is 0 Å². The van der Waals surface area contributed by atoms with Crippen LogP contribution in [0.2, 0.25) is 0 Å². The van der Waals surface area contributed by atoms with Gasteiger partial charge in [-0.25, -0.2) is 4.57 Å². The highest BCUT2D eigenvalue weighted by Crippen LogP contribution is 2.47. The van der Waals surface area contributed by atoms with Crippen molar-refractivity contribution < 1.29 is 23.2 Å². The predicted molar refractivity (Wildman–Crippen MR) is 45.5 cm³/mol. The molecule has 0 aromatic heterocycles. The first kappa shape index (κ1) is 12.7. The minimum atomic E-state index is -3.88. The molecule has 0 aliphatic rings. The van der Waals surface area contributed by atoms with Gasteiger partial charge in [-0.15, -0.1) is 0 Å². The molecule has 0 spiro atoms. The molecule has 8 heteroatoms. The van der Waals surface area contributed by atoms with Crippen LogP contribution in [0, 0.1) is 11.3 Å². The highest BCUT2D eigenvalue weighted by molar-refractivity contribution is 7.74. The van der Waals surface area contributed by atoms with Crippen LogP contribution in [0.25, 0.3) is 5.53 Å². The molecule has 0 aromatic rings. The van der Waals surface area contributed by atoms with Crippen LogP contribution in [0.4, 0.5) is 0 Å². The third kappa shape index (κ3) is 2.59. The Morgan fingerprint density at radius 2 is 2.07 bits per heavy atom. The Labute approximate surface area is 80.4 Å². The number of carbonyl (C=O) groups is 1. The highest BCUT2D eigenvalue weighted by atomic mass is 31.2. The summed E-state index contributed by atoms with van der Waals surface area (Å²) in [6, 6.07) is 1.53. The van der Waals surface area contributed by atoms with Gasteiger partial charge in [0.1, 0.15) is 6.42 Å². The number of ketones is 1. The Morgan fingerprint density at radius 3 is 2.36 bits per heavy atom. The van der Waals surface area contributed by atoms with Crippen LogP contribution < -0.4 is 0 Å². The third-order valence-electron chi connectivity index (χ3n) is 1.32. The van der Waals surface area contributed by atoms with Crippen molar-refractivity contribution in [3.8, 4) is 6.07 Å². The SMILES string of the molecule is COP(=O)(OC)C(=[N+]=[N-])C(=O)CC#N. The van der Waals surface area contributed by atoms with Gasteiger partial charge in [-0.2, -0.15) is 10.1 Å². The molecule has 0 heterocycles. The van der Waals surface area contributed by atoms with Crippen LogP contribution in [0.15, 0.2) is 0 Å². The molecule has 0 fully saturated rings. The number of rotatable bonds is 5. The van der Waals surface area contributed by atoms with E-state index in [0.717, 1.165) is 14.2 Å². The number of carbonyl (C=O) groups excluding carboxylic acids is 1. The Hall–Kier alpha value is -1.31. The van der Waals surface area contributed by atoms with Gasteiger partial charge in [0.05, 0.1) is 6.07 Å². The van der Waals surface area contributed by atoms with Crippen LogP contribution in [0.5, 0.6) is 0 Å². The minimum absolute atomic E-state index is 0.559. The Balaban J connectivity index is 5.13. The van der Waals surface area contributed by atoms with Crippen LogP contribution in [0.3, 0.4) is 0 Å². The Bertz CT molecular complexity index is 358. The molecule has 0 N–H and O–H groups in total. The first-order valence-corrected chi connectivity index (χ1v) is 4.94. The van der Waals surface area contributed by atoms with Crippen molar-refractivity contribution in [1.29, 1.82) is 5.26 Å². The van der Waals surface area contributed by atoms with Gasteiger partial charge in [0.25, 0.3) is 5.78 Å². The van der Waals surface area contributed by atoms with Gasteiger partial charge in [0.15, 0.2) is 0 Å². The van der Waals surface area contributed by atoms with Crippen molar-refractivity contribution in [3.63, 3.8) is 0 Å². The zero-order chi connectivity index (χ0) is 11.2. The normalized spacial score (nSPS) is 10.1. The number of hydrogen-bond acceptors (Lipinski definition) is 5. The van der Waals surface area contributed by atoms with Crippen molar-refractivity contribution in [1.82, 2.24) is 0 Å². The molecular weight excluding hydrogens is 209 g/mol. The van der Waals surface area contributed by atoms with Gasteiger partial charge >= 0.3 is 13.0 Å². The summed E-state index contributed by atoms with van der Waals surface area (Å²) in [7, 11) is -1.80. The van der Waals surface area contributed by atoms with Crippen LogP contribution in [0.1, 0.15) is 6.42 Å². The van der Waals surface area contributed by atoms with Crippen LogP contribution in [-0.4, -0.2) is 30.2 Å². The van der Waals surface area contributed by atoms with Crippen molar-refractivity contribution in [2.75, 3.05) is 14.2 Å². The van der Waals surface area contributed by atoms with E-state index in [0.29, 0.717) is 0 Å². The van der Waals surface area contributed by atoms with E-state index in [9.17, 15) is 9.36 Å². The smallest absolute Gasteiger partial charge is 0.360 e. The van der Waals surface area contributed by atoms with E-state index < -0.39 is 25.3 Å². The van der Waals surface area contributed by atoms with E-state index in [2.05, 4.69) is 13.8 Å². The fourth-order valence-electron chi connectivity index (χ4n) is 0.662. The quantitative estimate of drug-likeness (QED) is 0.289. The molecule has 0 aliphatic carbocycles. The zero-order valence-corrected chi connectivity index (χ0v) is 8.52. The second kappa shape index (κ2) is 5.43. The number of nitriles is 1. The molecule has 14 heavy (non-hydrogen) atoms. The van der Waals surface area contributed by atoms with E-state index in [1.165, 1.54) is 6.07 Å². The fraction of sp³-hybridized carbons (Fsp3) is 0.500. The molecule has 0 rings (SSSR count). The predicted octanol–water partition coefficient (Wildman–Crippen LogP) is 0.583. The second-order valence-corrected chi connectivity index (χ2v) is 4.19. The standard InChI is InChI=1S/C6H8N3O4P/c1-12-14(11,13-2)6(9-8)5(10)3-4-7/h3H2,1-2H3. The minimum Gasteiger partial charge on any atom is -0.360 e. The average Bonchev–Trinajstić information content (AvgIpc) is 2.19. The van der Waals surface area contributed by atoms with Crippen molar-refractivity contribution >= 4 is 18.8 Å². The highest BCUT2D eigenvalue weighted by Gasteiger charge is 2.43. The van der Waals surface area contributed by atoms with Gasteiger partial charge in [0, 0.05) is 14.2 Å². The van der Waals surface area contributed by atoms with Crippen molar-refractivity contribution in [2.24, 2.45) is 0 Å². The summed E-state index contributed by atoms with van der Waals surface area (Å²) in [5, 5.41) is 8.21. The maximum Gasteiger partial charge on any atom is 0.446 e. The topological polar surface area (TPSA) is 113 Å². The summed E-state index contributed by atoms with van der Waals surface area (Å²) in [5.41, 5.74) is 7.67. The van der Waals surface area contributed by atoms with Crippen molar-refractivity contribution in [3.05, 3.63) is 5.53 Å². The molecule has 7 nitrogen and oxygen atoms in total. The molecule has 0 aliphatic heterocycles. The largest absolute Gasteiger partial charge is 0.446 e. The molecule has 0 saturated carbocycles. The van der Waals surface area contributed by atoms with Crippen LogP contribution in [-0.2, 0) is 18.4 Å². The second-order valence-electron chi connectivity index (χ2n) is 2.04. The summed E-state index contributed by atoms with van der Waals surface area (Å²) in [5.74, 6) is -0.901. The summed E-state index contributed by atoms with van der Waals surface area (Å²) >= 11 is 0. The molecule has 0 amide bonds. The summed E-state index contributed by atoms with van der Waals surface area (Å²) in [6.07, 6.45) is -0.559. The van der Waals surface area contributed by atoms with E-state index in [-0.39, 0.29) is 0 Å². The summed E-state index contributed by atoms with van der Waals surface area (Å²) in [6.45, 7) is 0. The molecular formula is C6H8N3O4P. The maximum atomic E-state index is 11.5. The monoisotopic (exact) mass is 217 g/mol. The number of nitrogens with zero attached hydrogens (tertiary/aromatic N) is 3. The lowest BCUT2D eigenvalue weighted by Gasteiger charge is -2.06. The van der Waals surface area contributed by atoms with Gasteiger partial charge < -0.3 is 14.6 Å². The molecule has 0 radical (unpaired) electrons. The average molecular weight is 217 g/mol. The molecule has 0 saturated heterocycles. The first-order valence-electron chi connectivity index (χ1n) is 3.40. The lowest BCUT2D eigenvalue weighted by molar-refractivity contribution is -0.115. The third-order valence-corrected chi connectivity index (χ3v) is 3.14. The lowest BCUT2D eigenvalue weighted by atomic mass is 10.3. The first-order chi connectivity index (χ1) is 6.55. The zero-order valence-electron chi connectivity index (χ0n) is 7.63. The van der Waals surface area contributed by atoms with E-state index >= 15 is 0 Å². The Kier molecular flexibility index (Phi) is 4.92. The molecule has 0 aromatic carbocycles. The summed E-state index contributed by atoms with van der Waals surface area (Å²) < 4.78 is 20.4. The Morgan fingerprint density at radius 1 is 1.57 bits per heavy atom. The van der Waals surface area contributed by atoms with E-state index in [1.807, 2.05) is 0 Å².